The number of aromatic nitrogens is 2. The predicted molar refractivity (Wildman–Crippen MR) is 33.3 cm³/mol. The second-order valence-corrected chi connectivity index (χ2v) is 1.72. The maximum atomic E-state index is 4.80. The first-order chi connectivity index (χ1) is 4.33. The third kappa shape index (κ3) is 1.38. The summed E-state index contributed by atoms with van der Waals surface area (Å²) in [4.78, 5) is 0. The van der Waals surface area contributed by atoms with Gasteiger partial charge in [0.25, 0.3) is 0 Å². The van der Waals surface area contributed by atoms with Crippen LogP contribution in [0.15, 0.2) is 12.1 Å². The molecule has 0 amide bonds. The zero-order chi connectivity index (χ0) is 6.69. The van der Waals surface area contributed by atoms with Crippen molar-refractivity contribution in [3.8, 4) is 5.88 Å². The maximum Gasteiger partial charge on any atom is 0.233 e. The highest BCUT2D eigenvalue weighted by atomic mass is 16.5. The fourth-order valence-corrected chi connectivity index (χ4v) is 0.496. The number of rotatable bonds is 1. The highest BCUT2D eigenvalue weighted by Gasteiger charge is 1.88. The Morgan fingerprint density at radius 2 is 2.11 bits per heavy atom. The molecule has 0 aliphatic heterocycles. The van der Waals surface area contributed by atoms with Crippen molar-refractivity contribution in [2.75, 3.05) is 7.11 Å². The van der Waals surface area contributed by atoms with Crippen molar-refractivity contribution in [3.63, 3.8) is 0 Å². The van der Waals surface area contributed by atoms with Crippen LogP contribution in [0.5, 0.6) is 5.88 Å². The molecule has 1 rings (SSSR count). The smallest absolute Gasteiger partial charge is 0.233 e. The average molecular weight is 124 g/mol. The van der Waals surface area contributed by atoms with Gasteiger partial charge in [0.2, 0.25) is 5.88 Å². The van der Waals surface area contributed by atoms with Crippen molar-refractivity contribution in [1.29, 1.82) is 0 Å². The molecule has 0 N–H and O–H groups in total. The molecule has 1 aromatic heterocycles. The van der Waals surface area contributed by atoms with Crippen molar-refractivity contribution >= 4 is 0 Å². The number of nitrogens with zero attached hydrogens (tertiary/aromatic N) is 2. The van der Waals surface area contributed by atoms with Gasteiger partial charge >= 0.3 is 0 Å². The molecule has 0 saturated heterocycles. The fourth-order valence-electron chi connectivity index (χ4n) is 0.496. The van der Waals surface area contributed by atoms with Gasteiger partial charge in [0.1, 0.15) is 0 Å². The number of hydrogen-bond donors (Lipinski definition) is 0. The fraction of sp³-hybridized carbons (Fsp3) is 0.333. The number of aryl methyl sites for hydroxylation is 1. The van der Waals surface area contributed by atoms with Gasteiger partial charge in [-0.3, -0.25) is 0 Å². The molecule has 0 bridgehead atoms. The van der Waals surface area contributed by atoms with Gasteiger partial charge in [-0.2, -0.15) is 5.10 Å². The van der Waals surface area contributed by atoms with Crippen LogP contribution in [0.4, 0.5) is 0 Å². The molecule has 0 saturated carbocycles. The molecule has 3 nitrogen and oxygen atoms in total. The Hall–Kier alpha value is -1.12. The Bertz CT molecular complexity index is 183. The second-order valence-electron chi connectivity index (χ2n) is 1.72. The van der Waals surface area contributed by atoms with Crippen LogP contribution in [0.3, 0.4) is 0 Å². The summed E-state index contributed by atoms with van der Waals surface area (Å²) < 4.78 is 4.80. The van der Waals surface area contributed by atoms with E-state index in [0.29, 0.717) is 5.88 Å². The van der Waals surface area contributed by atoms with Crippen LogP contribution in [-0.2, 0) is 0 Å². The third-order valence-corrected chi connectivity index (χ3v) is 0.983. The Labute approximate surface area is 53.7 Å². The average Bonchev–Trinajstić information content (AvgIpc) is 1.90. The van der Waals surface area contributed by atoms with Crippen LogP contribution in [0.2, 0.25) is 0 Å². The number of ether oxygens (including phenoxy) is 1. The lowest BCUT2D eigenvalue weighted by Crippen LogP contribution is -1.90. The van der Waals surface area contributed by atoms with E-state index in [0.717, 1.165) is 5.69 Å². The normalized spacial score (nSPS) is 9.11. The highest BCUT2D eigenvalue weighted by molar-refractivity contribution is 5.09. The van der Waals surface area contributed by atoms with E-state index in [4.69, 9.17) is 4.74 Å². The van der Waals surface area contributed by atoms with Gasteiger partial charge < -0.3 is 4.74 Å². The molecular weight excluding hydrogens is 116 g/mol. The van der Waals surface area contributed by atoms with Gasteiger partial charge in [-0.15, -0.1) is 5.10 Å². The molecule has 3 heteroatoms. The first kappa shape index (κ1) is 6.01. The minimum Gasteiger partial charge on any atom is -0.480 e. The summed E-state index contributed by atoms with van der Waals surface area (Å²) in [6, 6.07) is 3.63. The van der Waals surface area contributed by atoms with Crippen molar-refractivity contribution in [2.45, 2.75) is 6.92 Å². The first-order valence-electron chi connectivity index (χ1n) is 2.67. The van der Waals surface area contributed by atoms with E-state index < -0.39 is 0 Å². The van der Waals surface area contributed by atoms with Gasteiger partial charge in [-0.05, 0) is 13.0 Å². The van der Waals surface area contributed by atoms with Crippen LogP contribution < -0.4 is 4.74 Å². The molecule has 0 radical (unpaired) electrons. The molecule has 48 valence electrons. The van der Waals surface area contributed by atoms with Gasteiger partial charge in [0, 0.05) is 6.07 Å². The molecule has 0 aromatic carbocycles. The van der Waals surface area contributed by atoms with E-state index >= 15 is 0 Å². The van der Waals surface area contributed by atoms with Gasteiger partial charge in [0.05, 0.1) is 12.8 Å². The molecule has 1 heterocycles. The summed E-state index contributed by atoms with van der Waals surface area (Å²) in [5.41, 5.74) is 0.899. The highest BCUT2D eigenvalue weighted by Crippen LogP contribution is 2.01. The van der Waals surface area contributed by atoms with E-state index in [2.05, 4.69) is 10.2 Å². The van der Waals surface area contributed by atoms with Crippen molar-refractivity contribution in [2.24, 2.45) is 0 Å². The first-order valence-corrected chi connectivity index (χ1v) is 2.67. The van der Waals surface area contributed by atoms with E-state index in [1.165, 1.54) is 0 Å². The van der Waals surface area contributed by atoms with Crippen LogP contribution in [-0.4, -0.2) is 17.3 Å². The van der Waals surface area contributed by atoms with Crippen molar-refractivity contribution in [3.05, 3.63) is 17.8 Å². The van der Waals surface area contributed by atoms with Crippen molar-refractivity contribution < 1.29 is 4.74 Å². The predicted octanol–water partition coefficient (Wildman–Crippen LogP) is 0.794. The molecular formula is C6H8N2O. The van der Waals surface area contributed by atoms with Crippen LogP contribution in [0, 0.1) is 6.92 Å². The summed E-state index contributed by atoms with van der Waals surface area (Å²) >= 11 is 0. The molecule has 0 unspecified atom stereocenters. The Kier molecular flexibility index (Phi) is 1.63. The second kappa shape index (κ2) is 2.44. The summed E-state index contributed by atoms with van der Waals surface area (Å²) in [6.07, 6.45) is 0. The summed E-state index contributed by atoms with van der Waals surface area (Å²) in [5.74, 6) is 0.556. The van der Waals surface area contributed by atoms with E-state index in [9.17, 15) is 0 Å². The maximum absolute atomic E-state index is 4.80. The van der Waals surface area contributed by atoms with Crippen LogP contribution in [0.1, 0.15) is 5.69 Å². The Morgan fingerprint density at radius 3 is 2.56 bits per heavy atom. The topological polar surface area (TPSA) is 35.0 Å². The molecule has 0 aliphatic rings. The lowest BCUT2D eigenvalue weighted by Gasteiger charge is -1.94. The zero-order valence-corrected chi connectivity index (χ0v) is 5.46. The monoisotopic (exact) mass is 124 g/mol. The Balaban J connectivity index is 2.88. The van der Waals surface area contributed by atoms with E-state index in [1.54, 1.807) is 13.2 Å². The molecule has 1 aromatic rings. The summed E-state index contributed by atoms with van der Waals surface area (Å²) in [5, 5.41) is 7.50. The molecule has 0 fully saturated rings. The lowest BCUT2D eigenvalue weighted by atomic mass is 10.4. The van der Waals surface area contributed by atoms with Crippen LogP contribution in [0.25, 0.3) is 0 Å². The Morgan fingerprint density at radius 1 is 1.33 bits per heavy atom. The molecule has 0 aliphatic carbocycles. The van der Waals surface area contributed by atoms with Crippen LogP contribution >= 0.6 is 0 Å². The molecule has 9 heavy (non-hydrogen) atoms. The lowest BCUT2D eigenvalue weighted by molar-refractivity contribution is 0.391. The van der Waals surface area contributed by atoms with Gasteiger partial charge in [-0.25, -0.2) is 0 Å². The SMILES string of the molecule is COc1ccc(C)nn1. The summed E-state index contributed by atoms with van der Waals surface area (Å²) in [6.45, 7) is 1.88. The number of methoxy groups -OCH3 is 1. The third-order valence-electron chi connectivity index (χ3n) is 0.983. The van der Waals surface area contributed by atoms with Crippen molar-refractivity contribution in [1.82, 2.24) is 10.2 Å². The largest absolute Gasteiger partial charge is 0.480 e. The minimum absolute atomic E-state index is 0.556. The standard InChI is InChI=1S/C6H8N2O/c1-5-3-4-6(9-2)8-7-5/h3-4H,1-2H3. The van der Waals surface area contributed by atoms with Gasteiger partial charge in [-0.1, -0.05) is 0 Å². The van der Waals surface area contributed by atoms with E-state index in [1.807, 2.05) is 13.0 Å². The molecule has 0 atom stereocenters. The molecule has 0 spiro atoms. The minimum atomic E-state index is 0.556. The van der Waals surface area contributed by atoms with E-state index in [-0.39, 0.29) is 0 Å². The zero-order valence-electron chi connectivity index (χ0n) is 5.46. The van der Waals surface area contributed by atoms with Gasteiger partial charge in [0.15, 0.2) is 0 Å². The number of hydrogen-bond acceptors (Lipinski definition) is 3. The summed E-state index contributed by atoms with van der Waals surface area (Å²) in [7, 11) is 1.57. The quantitative estimate of drug-likeness (QED) is 0.555.